The van der Waals surface area contributed by atoms with Gasteiger partial charge in [0.15, 0.2) is 16.7 Å². The van der Waals surface area contributed by atoms with E-state index in [1.54, 1.807) is 52.3 Å². The summed E-state index contributed by atoms with van der Waals surface area (Å²) in [5.74, 6) is 1.00. The highest BCUT2D eigenvalue weighted by Gasteiger charge is 2.23. The summed E-state index contributed by atoms with van der Waals surface area (Å²) in [6.07, 6.45) is 5.48. The van der Waals surface area contributed by atoms with Crippen LogP contribution in [0.3, 0.4) is 0 Å². The van der Waals surface area contributed by atoms with E-state index < -0.39 is 0 Å². The number of rotatable bonds is 9. The molecule has 0 radical (unpaired) electrons. The molecule has 2 heterocycles. The summed E-state index contributed by atoms with van der Waals surface area (Å²) < 4.78 is 17.7. The van der Waals surface area contributed by atoms with Crippen molar-refractivity contribution in [3.05, 3.63) is 67.8 Å². The summed E-state index contributed by atoms with van der Waals surface area (Å²) in [6.45, 7) is 0. The lowest BCUT2D eigenvalue weighted by Crippen LogP contribution is -2.24. The minimum atomic E-state index is -0.358. The van der Waals surface area contributed by atoms with Crippen LogP contribution in [0.1, 0.15) is 28.8 Å². The van der Waals surface area contributed by atoms with Crippen LogP contribution >= 0.6 is 34.7 Å². The second-order valence-corrected chi connectivity index (χ2v) is 11.4. The van der Waals surface area contributed by atoms with Gasteiger partial charge in [-0.25, -0.2) is 10.4 Å². The zero-order chi connectivity index (χ0) is 28.2. The number of nitrogens with one attached hydrogen (secondary N) is 1. The number of carbonyl (C=O) groups excluding carboxylic acids is 1. The number of thioether (sulfide) groups is 1. The smallest absolute Gasteiger partial charge is 0.267 e. The lowest BCUT2D eigenvalue weighted by atomic mass is 9.97. The molecule has 2 aromatic heterocycles. The molecule has 0 saturated heterocycles. The van der Waals surface area contributed by atoms with E-state index in [0.29, 0.717) is 48.9 Å². The van der Waals surface area contributed by atoms with Crippen LogP contribution in [0, 0.1) is 0 Å². The summed E-state index contributed by atoms with van der Waals surface area (Å²) in [5, 5.41) is 5.75. The van der Waals surface area contributed by atoms with Crippen molar-refractivity contribution in [2.75, 3.05) is 27.1 Å². The first-order chi connectivity index (χ1) is 19.4. The Balaban J connectivity index is 1.39. The fraction of sp³-hybridized carbons (Fsp3) is 0.286. The van der Waals surface area contributed by atoms with Crippen LogP contribution in [-0.2, 0) is 17.6 Å². The van der Waals surface area contributed by atoms with Crippen molar-refractivity contribution >= 4 is 57.0 Å². The SMILES string of the molecule is COc1ccc(C=NNC(=O)CSc2nc3sc4c(c3c(=O)n2-c2ccc(Cl)cc2)CCCC4)c(OC)c1OC. The maximum absolute atomic E-state index is 13.8. The number of aromatic nitrogens is 2. The lowest BCUT2D eigenvalue weighted by molar-refractivity contribution is -0.118. The van der Waals surface area contributed by atoms with Crippen molar-refractivity contribution in [2.24, 2.45) is 5.10 Å². The second-order valence-electron chi connectivity index (χ2n) is 8.91. The van der Waals surface area contributed by atoms with E-state index in [0.717, 1.165) is 31.2 Å². The largest absolute Gasteiger partial charge is 0.493 e. The highest BCUT2D eigenvalue weighted by atomic mass is 35.5. The molecule has 208 valence electrons. The Labute approximate surface area is 244 Å². The highest BCUT2D eigenvalue weighted by Crippen LogP contribution is 2.39. The zero-order valence-electron chi connectivity index (χ0n) is 22.2. The number of fused-ring (bicyclic) bond motifs is 3. The van der Waals surface area contributed by atoms with Crippen molar-refractivity contribution in [3.8, 4) is 22.9 Å². The molecule has 2 aromatic carbocycles. The van der Waals surface area contributed by atoms with Gasteiger partial charge in [0, 0.05) is 15.5 Å². The van der Waals surface area contributed by atoms with Crippen molar-refractivity contribution in [2.45, 2.75) is 30.8 Å². The van der Waals surface area contributed by atoms with Gasteiger partial charge in [0.1, 0.15) is 4.83 Å². The predicted octanol–water partition coefficient (Wildman–Crippen LogP) is 5.25. The number of halogens is 1. The number of hydrogen-bond acceptors (Lipinski definition) is 9. The molecule has 0 saturated carbocycles. The van der Waals surface area contributed by atoms with E-state index in [4.69, 9.17) is 30.8 Å². The maximum Gasteiger partial charge on any atom is 0.267 e. The lowest BCUT2D eigenvalue weighted by Gasteiger charge is -2.14. The third-order valence-corrected chi connectivity index (χ3v) is 8.88. The van der Waals surface area contributed by atoms with Crippen LogP contribution in [0.15, 0.2) is 51.5 Å². The van der Waals surface area contributed by atoms with Gasteiger partial charge in [0.25, 0.3) is 11.5 Å². The van der Waals surface area contributed by atoms with Gasteiger partial charge in [0.05, 0.1) is 44.4 Å². The molecule has 0 spiro atoms. The van der Waals surface area contributed by atoms with Crippen LogP contribution in [0.4, 0.5) is 0 Å². The molecule has 1 aliphatic rings. The molecular weight excluding hydrogens is 572 g/mol. The second kappa shape index (κ2) is 12.3. The van der Waals surface area contributed by atoms with Crippen LogP contribution in [-0.4, -0.2) is 48.8 Å². The summed E-state index contributed by atoms with van der Waals surface area (Å²) in [7, 11) is 4.56. The Kier molecular flexibility index (Phi) is 8.63. The first-order valence-electron chi connectivity index (χ1n) is 12.5. The molecule has 0 unspecified atom stereocenters. The number of hydrazone groups is 1. The molecule has 4 aromatic rings. The Morgan fingerprint density at radius 2 is 1.85 bits per heavy atom. The van der Waals surface area contributed by atoms with E-state index in [2.05, 4.69) is 10.5 Å². The number of methoxy groups -OCH3 is 3. The normalized spacial score (nSPS) is 12.9. The van der Waals surface area contributed by atoms with Crippen molar-refractivity contribution < 1.29 is 19.0 Å². The van der Waals surface area contributed by atoms with Crippen molar-refractivity contribution in [1.29, 1.82) is 0 Å². The van der Waals surface area contributed by atoms with Gasteiger partial charge in [-0.3, -0.25) is 14.2 Å². The topological polar surface area (TPSA) is 104 Å². The quantitative estimate of drug-likeness (QED) is 0.121. The molecular formula is C28H27ClN4O5S2. The number of thiophene rings is 1. The molecule has 0 fully saturated rings. The molecule has 40 heavy (non-hydrogen) atoms. The van der Waals surface area contributed by atoms with Crippen molar-refractivity contribution in [1.82, 2.24) is 15.0 Å². The summed E-state index contributed by atoms with van der Waals surface area (Å²) in [4.78, 5) is 33.4. The Morgan fingerprint density at radius 1 is 1.10 bits per heavy atom. The van der Waals surface area contributed by atoms with Crippen molar-refractivity contribution in [3.63, 3.8) is 0 Å². The fourth-order valence-electron chi connectivity index (χ4n) is 4.66. The molecule has 12 heteroatoms. The zero-order valence-corrected chi connectivity index (χ0v) is 24.5. The van der Waals surface area contributed by atoms with E-state index in [1.807, 2.05) is 0 Å². The molecule has 0 bridgehead atoms. The number of carbonyl (C=O) groups is 1. The van der Waals surface area contributed by atoms with Gasteiger partial charge in [-0.1, -0.05) is 23.4 Å². The van der Waals surface area contributed by atoms with E-state index in [9.17, 15) is 9.59 Å². The predicted molar refractivity (Wildman–Crippen MR) is 159 cm³/mol. The fourth-order valence-corrected chi connectivity index (χ4v) is 6.90. The number of hydrogen-bond donors (Lipinski definition) is 1. The first-order valence-corrected chi connectivity index (χ1v) is 14.7. The summed E-state index contributed by atoms with van der Waals surface area (Å²) >= 11 is 8.85. The van der Waals surface area contributed by atoms with Gasteiger partial charge in [-0.15, -0.1) is 11.3 Å². The highest BCUT2D eigenvalue weighted by molar-refractivity contribution is 7.99. The monoisotopic (exact) mass is 598 g/mol. The molecule has 1 aliphatic carbocycles. The maximum atomic E-state index is 13.8. The molecule has 5 rings (SSSR count). The van der Waals surface area contributed by atoms with Gasteiger partial charge in [-0.05, 0) is 67.6 Å². The van der Waals surface area contributed by atoms with Crippen LogP contribution in [0.25, 0.3) is 15.9 Å². The summed E-state index contributed by atoms with van der Waals surface area (Å²) in [5.41, 5.74) is 4.75. The van der Waals surface area contributed by atoms with Gasteiger partial charge in [0.2, 0.25) is 5.75 Å². The Morgan fingerprint density at radius 3 is 2.58 bits per heavy atom. The molecule has 0 atom stereocenters. The number of aryl methyl sites for hydroxylation is 2. The average Bonchev–Trinajstić information content (AvgIpc) is 3.35. The Bertz CT molecular complexity index is 1650. The number of benzene rings is 2. The minimum Gasteiger partial charge on any atom is -0.493 e. The third-order valence-electron chi connectivity index (χ3n) is 6.50. The van der Waals surface area contributed by atoms with Gasteiger partial charge >= 0.3 is 0 Å². The number of amides is 1. The van der Waals surface area contributed by atoms with Crippen LogP contribution in [0.2, 0.25) is 5.02 Å². The molecule has 1 amide bonds. The van der Waals surface area contributed by atoms with E-state index in [1.165, 1.54) is 44.2 Å². The molecule has 9 nitrogen and oxygen atoms in total. The molecule has 1 N–H and O–H groups in total. The van der Waals surface area contributed by atoms with Gasteiger partial charge < -0.3 is 14.2 Å². The number of nitrogens with zero attached hydrogens (tertiary/aromatic N) is 3. The molecule has 0 aliphatic heterocycles. The van der Waals surface area contributed by atoms with Gasteiger partial charge in [-0.2, -0.15) is 5.10 Å². The third kappa shape index (κ3) is 5.54. The standard InChI is InChI=1S/C28H27ClN4O5S2/c1-36-20-13-8-16(24(37-2)25(20)38-3)14-30-32-22(34)15-39-28-31-26-23(19-6-4-5-7-21(19)40-26)27(35)33(28)18-11-9-17(29)10-12-18/h8-14H,4-7,15H2,1-3H3,(H,32,34). The van der Waals surface area contributed by atoms with E-state index >= 15 is 0 Å². The summed E-state index contributed by atoms with van der Waals surface area (Å²) in [6, 6.07) is 10.5. The first kappa shape index (κ1) is 28.0. The van der Waals surface area contributed by atoms with E-state index in [-0.39, 0.29) is 17.2 Å². The van der Waals surface area contributed by atoms with Crippen LogP contribution < -0.4 is 25.2 Å². The van der Waals surface area contributed by atoms with Crippen LogP contribution in [0.5, 0.6) is 17.2 Å². The number of ether oxygens (including phenoxy) is 3. The minimum absolute atomic E-state index is 0.00294. The average molecular weight is 599 g/mol. The Hall–Kier alpha value is -3.54.